The third-order valence-corrected chi connectivity index (χ3v) is 2.03. The minimum Gasteiger partial charge on any atom is -0.377 e. The molecule has 0 aliphatic rings. The zero-order valence-corrected chi connectivity index (χ0v) is 9.40. The molecule has 0 aliphatic heterocycles. The number of likely N-dealkylation sites (N-methyl/N-ethyl adjacent to an activating group) is 1. The smallest absolute Gasteiger partial charge is 0.214 e. The lowest BCUT2D eigenvalue weighted by atomic mass is 10.3. The molecule has 0 radical (unpaired) electrons. The van der Waals surface area contributed by atoms with Gasteiger partial charge in [-0.05, 0) is 19.9 Å². The predicted octanol–water partition coefficient (Wildman–Crippen LogP) is 2.08. The number of anilines is 1. The van der Waals surface area contributed by atoms with E-state index in [-0.39, 0.29) is 6.10 Å². The summed E-state index contributed by atoms with van der Waals surface area (Å²) in [6, 6.07) is 3.19. The number of halogens is 1. The molecule has 15 heavy (non-hydrogen) atoms. The molecule has 0 N–H and O–H groups in total. The second-order valence-corrected chi connectivity index (χ2v) is 3.68. The van der Waals surface area contributed by atoms with Gasteiger partial charge in [0.2, 0.25) is 5.95 Å². The number of hydrogen-bond acceptors (Lipinski definition) is 3. The molecule has 0 spiro atoms. The fraction of sp³-hybridized carbons (Fsp3) is 0.545. The van der Waals surface area contributed by atoms with Crippen LogP contribution in [0.5, 0.6) is 0 Å². The van der Waals surface area contributed by atoms with Crippen LogP contribution in [0.15, 0.2) is 18.3 Å². The van der Waals surface area contributed by atoms with Crippen LogP contribution in [0, 0.1) is 5.95 Å². The van der Waals surface area contributed by atoms with E-state index in [2.05, 4.69) is 4.98 Å². The Balaban J connectivity index is 2.43. The van der Waals surface area contributed by atoms with E-state index in [0.717, 1.165) is 12.2 Å². The van der Waals surface area contributed by atoms with Crippen LogP contribution >= 0.6 is 0 Å². The zero-order valence-electron chi connectivity index (χ0n) is 9.40. The van der Waals surface area contributed by atoms with Gasteiger partial charge in [-0.25, -0.2) is 4.98 Å². The van der Waals surface area contributed by atoms with Crippen LogP contribution in [0.25, 0.3) is 0 Å². The Morgan fingerprint density at radius 1 is 1.53 bits per heavy atom. The minimum atomic E-state index is -0.455. The van der Waals surface area contributed by atoms with Crippen LogP contribution in [-0.2, 0) is 4.74 Å². The van der Waals surface area contributed by atoms with Gasteiger partial charge in [-0.15, -0.1) is 0 Å². The third kappa shape index (κ3) is 4.25. The highest BCUT2D eigenvalue weighted by Gasteiger charge is 2.02. The van der Waals surface area contributed by atoms with Crippen molar-refractivity contribution < 1.29 is 9.13 Å². The first-order chi connectivity index (χ1) is 7.09. The van der Waals surface area contributed by atoms with Gasteiger partial charge >= 0.3 is 0 Å². The fourth-order valence-corrected chi connectivity index (χ4v) is 1.18. The number of ether oxygens (including phenoxy) is 1. The topological polar surface area (TPSA) is 25.4 Å². The summed E-state index contributed by atoms with van der Waals surface area (Å²) in [5.74, 6) is -0.455. The maximum Gasteiger partial charge on any atom is 0.214 e. The highest BCUT2D eigenvalue weighted by molar-refractivity contribution is 5.43. The molecule has 1 heterocycles. The Hall–Kier alpha value is -1.16. The van der Waals surface area contributed by atoms with Crippen molar-refractivity contribution in [1.29, 1.82) is 0 Å². The van der Waals surface area contributed by atoms with E-state index in [9.17, 15) is 4.39 Å². The molecular formula is C11H17FN2O. The molecule has 0 amide bonds. The Kier molecular flexibility index (Phi) is 4.49. The lowest BCUT2D eigenvalue weighted by Crippen LogP contribution is -2.24. The SMILES string of the molecule is CC(C)OCCN(C)c1ccnc(F)c1. The van der Waals surface area contributed by atoms with Crippen LogP contribution in [0.2, 0.25) is 0 Å². The van der Waals surface area contributed by atoms with E-state index in [1.54, 1.807) is 6.07 Å². The summed E-state index contributed by atoms with van der Waals surface area (Å²) in [7, 11) is 1.90. The lowest BCUT2D eigenvalue weighted by molar-refractivity contribution is 0.0846. The molecule has 0 saturated heterocycles. The number of rotatable bonds is 5. The number of aromatic nitrogens is 1. The van der Waals surface area contributed by atoms with E-state index in [4.69, 9.17) is 4.74 Å². The summed E-state index contributed by atoms with van der Waals surface area (Å²) in [6.45, 7) is 5.36. The van der Waals surface area contributed by atoms with Crippen molar-refractivity contribution in [2.24, 2.45) is 0 Å². The largest absolute Gasteiger partial charge is 0.377 e. The molecule has 0 atom stereocenters. The average molecular weight is 212 g/mol. The summed E-state index contributed by atoms with van der Waals surface area (Å²) in [6.07, 6.45) is 1.69. The summed E-state index contributed by atoms with van der Waals surface area (Å²) in [5.41, 5.74) is 0.815. The van der Waals surface area contributed by atoms with Gasteiger partial charge in [0.1, 0.15) is 0 Å². The highest BCUT2D eigenvalue weighted by Crippen LogP contribution is 2.11. The first kappa shape index (κ1) is 11.9. The summed E-state index contributed by atoms with van der Waals surface area (Å²) in [4.78, 5) is 5.44. The summed E-state index contributed by atoms with van der Waals surface area (Å²) >= 11 is 0. The Morgan fingerprint density at radius 3 is 2.87 bits per heavy atom. The third-order valence-electron chi connectivity index (χ3n) is 2.03. The summed E-state index contributed by atoms with van der Waals surface area (Å²) in [5, 5.41) is 0. The zero-order chi connectivity index (χ0) is 11.3. The van der Waals surface area contributed by atoms with Crippen molar-refractivity contribution in [1.82, 2.24) is 4.98 Å². The fourth-order valence-electron chi connectivity index (χ4n) is 1.18. The quantitative estimate of drug-likeness (QED) is 0.699. The van der Waals surface area contributed by atoms with Gasteiger partial charge in [0.05, 0.1) is 12.7 Å². The normalized spacial score (nSPS) is 10.7. The number of pyridine rings is 1. The molecule has 1 aromatic heterocycles. The number of hydrogen-bond donors (Lipinski definition) is 0. The second kappa shape index (κ2) is 5.66. The second-order valence-electron chi connectivity index (χ2n) is 3.68. The van der Waals surface area contributed by atoms with Crippen molar-refractivity contribution >= 4 is 5.69 Å². The average Bonchev–Trinajstić information content (AvgIpc) is 2.17. The van der Waals surface area contributed by atoms with Crippen molar-refractivity contribution in [3.8, 4) is 0 Å². The van der Waals surface area contributed by atoms with Gasteiger partial charge in [0, 0.05) is 31.5 Å². The van der Waals surface area contributed by atoms with Crippen LogP contribution in [0.3, 0.4) is 0 Å². The standard InChI is InChI=1S/C11H17FN2O/c1-9(2)15-7-6-14(3)10-4-5-13-11(12)8-10/h4-5,8-9H,6-7H2,1-3H3. The monoisotopic (exact) mass is 212 g/mol. The molecule has 3 nitrogen and oxygen atoms in total. The van der Waals surface area contributed by atoms with Crippen molar-refractivity contribution in [3.05, 3.63) is 24.3 Å². The van der Waals surface area contributed by atoms with Gasteiger partial charge in [-0.3, -0.25) is 0 Å². The molecule has 0 unspecified atom stereocenters. The molecule has 84 valence electrons. The van der Waals surface area contributed by atoms with Crippen molar-refractivity contribution in [2.45, 2.75) is 20.0 Å². The van der Waals surface area contributed by atoms with E-state index in [1.165, 1.54) is 12.3 Å². The van der Waals surface area contributed by atoms with Gasteiger partial charge < -0.3 is 9.64 Å². The highest BCUT2D eigenvalue weighted by atomic mass is 19.1. The molecule has 4 heteroatoms. The lowest BCUT2D eigenvalue weighted by Gasteiger charge is -2.19. The van der Waals surface area contributed by atoms with E-state index in [0.29, 0.717) is 6.61 Å². The Labute approximate surface area is 89.9 Å². The van der Waals surface area contributed by atoms with Gasteiger partial charge in [0.25, 0.3) is 0 Å². The van der Waals surface area contributed by atoms with Crippen molar-refractivity contribution in [3.63, 3.8) is 0 Å². The minimum absolute atomic E-state index is 0.229. The first-order valence-corrected chi connectivity index (χ1v) is 5.04. The van der Waals surface area contributed by atoms with E-state index >= 15 is 0 Å². The molecule has 0 fully saturated rings. The first-order valence-electron chi connectivity index (χ1n) is 5.04. The van der Waals surface area contributed by atoms with E-state index < -0.39 is 5.95 Å². The predicted molar refractivity (Wildman–Crippen MR) is 58.6 cm³/mol. The van der Waals surface area contributed by atoms with Crippen LogP contribution in [-0.4, -0.2) is 31.3 Å². The van der Waals surface area contributed by atoms with Crippen molar-refractivity contribution in [2.75, 3.05) is 25.1 Å². The van der Waals surface area contributed by atoms with Gasteiger partial charge in [0.15, 0.2) is 0 Å². The van der Waals surface area contributed by atoms with Crippen LogP contribution in [0.1, 0.15) is 13.8 Å². The molecular weight excluding hydrogens is 195 g/mol. The van der Waals surface area contributed by atoms with E-state index in [1.807, 2.05) is 25.8 Å². The molecule has 1 rings (SSSR count). The van der Waals surface area contributed by atoms with Crippen LogP contribution in [0.4, 0.5) is 10.1 Å². The number of nitrogens with zero attached hydrogens (tertiary/aromatic N) is 2. The Bertz CT molecular complexity index is 304. The Morgan fingerprint density at radius 2 is 2.27 bits per heavy atom. The maximum atomic E-state index is 12.8. The van der Waals surface area contributed by atoms with Gasteiger partial charge in [-0.1, -0.05) is 0 Å². The van der Waals surface area contributed by atoms with Gasteiger partial charge in [-0.2, -0.15) is 4.39 Å². The molecule has 0 aromatic carbocycles. The molecule has 0 bridgehead atoms. The summed E-state index contributed by atoms with van der Waals surface area (Å²) < 4.78 is 18.2. The molecule has 1 aromatic rings. The van der Waals surface area contributed by atoms with Crippen LogP contribution < -0.4 is 4.90 Å². The molecule has 0 saturated carbocycles. The molecule has 0 aliphatic carbocycles. The maximum absolute atomic E-state index is 12.8.